The van der Waals surface area contributed by atoms with E-state index < -0.39 is 11.0 Å². The molecule has 0 bridgehead atoms. The number of carbonyl (C=O) groups is 1. The Morgan fingerprint density at radius 3 is 2.88 bits per heavy atom. The van der Waals surface area contributed by atoms with Crippen molar-refractivity contribution in [2.45, 2.75) is 0 Å². The van der Waals surface area contributed by atoms with Gasteiger partial charge in [-0.1, -0.05) is 11.6 Å². The van der Waals surface area contributed by atoms with E-state index in [0.717, 1.165) is 0 Å². The van der Waals surface area contributed by atoms with Crippen molar-refractivity contribution in [1.29, 1.82) is 0 Å². The van der Waals surface area contributed by atoms with Gasteiger partial charge in [-0.15, -0.1) is 0 Å². The van der Waals surface area contributed by atoms with E-state index in [-0.39, 0.29) is 23.1 Å². The second-order valence-corrected chi connectivity index (χ2v) is 3.39. The molecule has 1 aromatic carbocycles. The minimum absolute atomic E-state index is 0.0262. The number of non-ortho nitro benzene ring substituents is 1. The lowest BCUT2D eigenvalue weighted by Crippen LogP contribution is -2.30. The summed E-state index contributed by atoms with van der Waals surface area (Å²) in [6.07, 6.45) is 0. The summed E-state index contributed by atoms with van der Waals surface area (Å²) in [6.45, 7) is 0.0262. The normalized spacial score (nSPS) is 9.76. The fourth-order valence-corrected chi connectivity index (χ4v) is 1.19. The first-order valence-corrected chi connectivity index (χ1v) is 4.90. The summed E-state index contributed by atoms with van der Waals surface area (Å²) in [7, 11) is 1.42. The SMILES string of the molecule is COCNC(=O)Nc1cc([N+](=O)[O-])ccc1Cl. The second-order valence-electron chi connectivity index (χ2n) is 2.99. The zero-order valence-electron chi connectivity index (χ0n) is 8.90. The van der Waals surface area contributed by atoms with Crippen LogP contribution in [0.2, 0.25) is 5.02 Å². The monoisotopic (exact) mass is 259 g/mol. The van der Waals surface area contributed by atoms with Gasteiger partial charge in [0.15, 0.2) is 0 Å². The molecule has 0 heterocycles. The number of nitrogens with one attached hydrogen (secondary N) is 2. The molecule has 1 rings (SSSR count). The third-order valence-electron chi connectivity index (χ3n) is 1.79. The number of rotatable bonds is 4. The topological polar surface area (TPSA) is 93.5 Å². The molecule has 0 saturated heterocycles. The van der Waals surface area contributed by atoms with Crippen LogP contribution in [0.4, 0.5) is 16.2 Å². The van der Waals surface area contributed by atoms with Gasteiger partial charge in [0.1, 0.15) is 6.73 Å². The smallest absolute Gasteiger partial charge is 0.321 e. The molecule has 17 heavy (non-hydrogen) atoms. The number of amides is 2. The van der Waals surface area contributed by atoms with Gasteiger partial charge in [-0.3, -0.25) is 10.1 Å². The van der Waals surface area contributed by atoms with Crippen molar-refractivity contribution in [2.75, 3.05) is 19.2 Å². The highest BCUT2D eigenvalue weighted by atomic mass is 35.5. The highest BCUT2D eigenvalue weighted by molar-refractivity contribution is 6.33. The number of nitro benzene ring substituents is 1. The Morgan fingerprint density at radius 1 is 1.59 bits per heavy atom. The first-order valence-electron chi connectivity index (χ1n) is 4.52. The van der Waals surface area contributed by atoms with Gasteiger partial charge >= 0.3 is 6.03 Å². The number of anilines is 1. The van der Waals surface area contributed by atoms with Crippen molar-refractivity contribution in [2.24, 2.45) is 0 Å². The lowest BCUT2D eigenvalue weighted by Gasteiger charge is -2.07. The van der Waals surface area contributed by atoms with Crippen molar-refractivity contribution in [1.82, 2.24) is 5.32 Å². The van der Waals surface area contributed by atoms with Crippen LogP contribution in [0, 0.1) is 10.1 Å². The van der Waals surface area contributed by atoms with Crippen LogP contribution in [0.25, 0.3) is 0 Å². The second kappa shape index (κ2) is 6.02. The van der Waals surface area contributed by atoms with Crippen molar-refractivity contribution in [3.8, 4) is 0 Å². The third kappa shape index (κ3) is 3.89. The first kappa shape index (κ1) is 13.2. The molecule has 8 heteroatoms. The summed E-state index contributed by atoms with van der Waals surface area (Å²) in [6, 6.07) is 3.20. The van der Waals surface area contributed by atoms with Crippen LogP contribution in [-0.4, -0.2) is 24.8 Å². The third-order valence-corrected chi connectivity index (χ3v) is 2.12. The Balaban J connectivity index is 2.79. The lowest BCUT2D eigenvalue weighted by atomic mass is 10.3. The summed E-state index contributed by atoms with van der Waals surface area (Å²) < 4.78 is 4.63. The summed E-state index contributed by atoms with van der Waals surface area (Å²) in [5.74, 6) is 0. The summed E-state index contributed by atoms with van der Waals surface area (Å²) in [4.78, 5) is 21.2. The van der Waals surface area contributed by atoms with Gasteiger partial charge in [0.2, 0.25) is 0 Å². The molecule has 2 amide bonds. The molecule has 2 N–H and O–H groups in total. The zero-order chi connectivity index (χ0) is 12.8. The highest BCUT2D eigenvalue weighted by Gasteiger charge is 2.11. The van der Waals surface area contributed by atoms with Crippen LogP contribution < -0.4 is 10.6 Å². The van der Waals surface area contributed by atoms with Gasteiger partial charge < -0.3 is 15.4 Å². The van der Waals surface area contributed by atoms with E-state index in [9.17, 15) is 14.9 Å². The summed E-state index contributed by atoms with van der Waals surface area (Å²) in [5.41, 5.74) is 0.00547. The highest BCUT2D eigenvalue weighted by Crippen LogP contribution is 2.26. The molecule has 0 spiro atoms. The minimum atomic E-state index is -0.575. The predicted molar refractivity (Wildman–Crippen MR) is 62.1 cm³/mol. The number of hydrogen-bond donors (Lipinski definition) is 2. The molecule has 7 nitrogen and oxygen atoms in total. The molecule has 0 radical (unpaired) electrons. The Bertz CT molecular complexity index is 438. The number of benzene rings is 1. The van der Waals surface area contributed by atoms with Crippen molar-refractivity contribution in [3.63, 3.8) is 0 Å². The van der Waals surface area contributed by atoms with Crippen molar-refractivity contribution in [3.05, 3.63) is 33.3 Å². The number of nitrogens with zero attached hydrogens (tertiary/aromatic N) is 1. The summed E-state index contributed by atoms with van der Waals surface area (Å²) in [5, 5.41) is 15.5. The molecule has 0 unspecified atom stereocenters. The quantitative estimate of drug-likeness (QED) is 0.491. The molecule has 0 aliphatic rings. The van der Waals surface area contributed by atoms with Crippen molar-refractivity contribution >= 4 is 29.0 Å². The van der Waals surface area contributed by atoms with Crippen LogP contribution in [0.15, 0.2) is 18.2 Å². The maximum absolute atomic E-state index is 11.3. The lowest BCUT2D eigenvalue weighted by molar-refractivity contribution is -0.384. The van der Waals surface area contributed by atoms with Gasteiger partial charge in [-0.2, -0.15) is 0 Å². The van der Waals surface area contributed by atoms with Gasteiger partial charge in [0, 0.05) is 19.2 Å². The number of ether oxygens (including phenoxy) is 1. The molecular weight excluding hydrogens is 250 g/mol. The van der Waals surface area contributed by atoms with Crippen LogP contribution >= 0.6 is 11.6 Å². The van der Waals surface area contributed by atoms with E-state index in [4.69, 9.17) is 11.6 Å². The molecule has 1 aromatic rings. The number of halogens is 1. The van der Waals surface area contributed by atoms with Gasteiger partial charge in [-0.05, 0) is 6.07 Å². The maximum Gasteiger partial charge on any atom is 0.321 e. The zero-order valence-corrected chi connectivity index (χ0v) is 9.65. The standard InChI is InChI=1S/C9H10ClN3O4/c1-17-5-11-9(14)12-8-4-6(13(15)16)2-3-7(8)10/h2-4H,5H2,1H3,(H2,11,12,14). The minimum Gasteiger partial charge on any atom is -0.364 e. The van der Waals surface area contributed by atoms with Crippen LogP contribution in [-0.2, 0) is 4.74 Å². The largest absolute Gasteiger partial charge is 0.364 e. The average Bonchev–Trinajstić information content (AvgIpc) is 2.29. The number of hydrogen-bond acceptors (Lipinski definition) is 4. The molecule has 0 aliphatic heterocycles. The predicted octanol–water partition coefficient (Wildman–Crippen LogP) is 1.97. The number of carbonyl (C=O) groups excluding carboxylic acids is 1. The molecule has 92 valence electrons. The Kier molecular flexibility index (Phi) is 4.68. The number of nitro groups is 1. The van der Waals surface area contributed by atoms with Crippen molar-refractivity contribution < 1.29 is 14.5 Å². The maximum atomic E-state index is 11.3. The molecule has 0 aromatic heterocycles. The van der Waals surface area contributed by atoms with E-state index in [0.29, 0.717) is 0 Å². The Morgan fingerprint density at radius 2 is 2.29 bits per heavy atom. The van der Waals surface area contributed by atoms with E-state index in [1.807, 2.05) is 0 Å². The average molecular weight is 260 g/mol. The Hall–Kier alpha value is -1.86. The molecule has 0 fully saturated rings. The van der Waals surface area contributed by atoms with E-state index >= 15 is 0 Å². The van der Waals surface area contributed by atoms with E-state index in [1.54, 1.807) is 0 Å². The van der Waals surface area contributed by atoms with Crippen LogP contribution in [0.3, 0.4) is 0 Å². The first-order chi connectivity index (χ1) is 8.04. The Labute approximate surface area is 102 Å². The van der Waals surface area contributed by atoms with Gasteiger partial charge in [0.25, 0.3) is 5.69 Å². The van der Waals surface area contributed by atoms with Crippen LogP contribution in [0.1, 0.15) is 0 Å². The van der Waals surface area contributed by atoms with E-state index in [2.05, 4.69) is 15.4 Å². The molecule has 0 atom stereocenters. The summed E-state index contributed by atoms with van der Waals surface area (Å²) >= 11 is 5.78. The fraction of sp³-hybridized carbons (Fsp3) is 0.222. The van der Waals surface area contributed by atoms with Gasteiger partial charge in [-0.25, -0.2) is 4.79 Å². The van der Waals surface area contributed by atoms with Crippen LogP contribution in [0.5, 0.6) is 0 Å². The fourth-order valence-electron chi connectivity index (χ4n) is 1.03. The molecule has 0 aliphatic carbocycles. The molecule has 0 saturated carbocycles. The van der Waals surface area contributed by atoms with Gasteiger partial charge in [0.05, 0.1) is 15.6 Å². The number of urea groups is 1. The molecular formula is C9H10ClN3O4. The van der Waals surface area contributed by atoms with E-state index in [1.165, 1.54) is 25.3 Å². The number of methoxy groups -OCH3 is 1.